The van der Waals surface area contributed by atoms with Gasteiger partial charge < -0.3 is 9.72 Å². The zero-order valence-corrected chi connectivity index (χ0v) is 12.8. The first kappa shape index (κ1) is 14.7. The largest absolute Gasteiger partial charge is 0.494 e. The van der Waals surface area contributed by atoms with Crippen molar-refractivity contribution >= 4 is 12.2 Å². The second-order valence-electron chi connectivity index (χ2n) is 4.90. The van der Waals surface area contributed by atoms with Gasteiger partial charge in [0.15, 0.2) is 11.6 Å². The Morgan fingerprint density at radius 3 is 2.65 bits per heavy atom. The third kappa shape index (κ3) is 2.58. The van der Waals surface area contributed by atoms with E-state index in [0.717, 1.165) is 11.4 Å². The van der Waals surface area contributed by atoms with E-state index in [1.165, 1.54) is 7.11 Å². The molecule has 0 bridgehead atoms. The highest BCUT2D eigenvalue weighted by atomic mass is 32.1. The van der Waals surface area contributed by atoms with Crippen molar-refractivity contribution in [3.05, 3.63) is 40.0 Å². The highest BCUT2D eigenvalue weighted by Crippen LogP contribution is 2.30. The molecule has 1 aromatic heterocycles. The summed E-state index contributed by atoms with van der Waals surface area (Å²) < 4.78 is 19.9. The first-order chi connectivity index (χ1) is 9.45. The quantitative estimate of drug-likeness (QED) is 0.853. The Morgan fingerprint density at radius 2 is 2.05 bits per heavy atom. The Hall–Kier alpha value is -1.75. The normalized spacial score (nSPS) is 10.9. The number of nitrogens with one attached hydrogen (secondary N) is 1. The van der Waals surface area contributed by atoms with Crippen LogP contribution in [0, 0.1) is 17.4 Å². The predicted molar refractivity (Wildman–Crippen MR) is 80.2 cm³/mol. The lowest BCUT2D eigenvalue weighted by Gasteiger charge is -2.13. The van der Waals surface area contributed by atoms with E-state index in [2.05, 4.69) is 9.97 Å². The van der Waals surface area contributed by atoms with Gasteiger partial charge in [0.05, 0.1) is 12.8 Å². The summed E-state index contributed by atoms with van der Waals surface area (Å²) >= 11 is 5.27. The molecule has 3 nitrogen and oxygen atoms in total. The number of ether oxygens (including phenoxy) is 1. The minimum absolute atomic E-state index is 0.185. The van der Waals surface area contributed by atoms with Crippen molar-refractivity contribution in [2.24, 2.45) is 0 Å². The molecule has 0 saturated heterocycles. The lowest BCUT2D eigenvalue weighted by molar-refractivity contribution is 0.387. The van der Waals surface area contributed by atoms with Crippen LogP contribution in [0.4, 0.5) is 4.39 Å². The minimum atomic E-state index is -0.398. The van der Waals surface area contributed by atoms with Gasteiger partial charge in [-0.1, -0.05) is 32.1 Å². The number of methoxy groups -OCH3 is 1. The summed E-state index contributed by atoms with van der Waals surface area (Å²) in [5.74, 6) is 0.747. The molecule has 1 heterocycles. The summed E-state index contributed by atoms with van der Waals surface area (Å²) in [5, 5.41) is 0. The van der Waals surface area contributed by atoms with Gasteiger partial charge in [0.25, 0.3) is 0 Å². The van der Waals surface area contributed by atoms with Crippen LogP contribution in [-0.4, -0.2) is 17.1 Å². The van der Waals surface area contributed by atoms with Crippen molar-refractivity contribution in [1.29, 1.82) is 0 Å². The van der Waals surface area contributed by atoms with Gasteiger partial charge >= 0.3 is 0 Å². The Morgan fingerprint density at radius 1 is 1.35 bits per heavy atom. The van der Waals surface area contributed by atoms with Crippen LogP contribution >= 0.6 is 12.2 Å². The third-order valence-corrected chi connectivity index (χ3v) is 3.57. The van der Waals surface area contributed by atoms with Crippen LogP contribution < -0.4 is 4.74 Å². The van der Waals surface area contributed by atoms with E-state index in [9.17, 15) is 4.39 Å². The molecule has 0 fully saturated rings. The fourth-order valence-electron chi connectivity index (χ4n) is 1.95. The van der Waals surface area contributed by atoms with Crippen molar-refractivity contribution in [1.82, 2.24) is 9.97 Å². The zero-order chi connectivity index (χ0) is 14.9. The molecule has 2 aromatic rings. The Bertz CT molecular complexity index is 695. The van der Waals surface area contributed by atoms with Crippen molar-refractivity contribution in [3.8, 4) is 17.0 Å². The first-order valence-electron chi connectivity index (χ1n) is 6.39. The van der Waals surface area contributed by atoms with Crippen LogP contribution in [0.5, 0.6) is 5.75 Å². The van der Waals surface area contributed by atoms with E-state index in [-0.39, 0.29) is 11.7 Å². The molecule has 1 N–H and O–H groups in total. The van der Waals surface area contributed by atoms with Crippen LogP contribution in [0.3, 0.4) is 0 Å². The van der Waals surface area contributed by atoms with Crippen molar-refractivity contribution in [3.63, 3.8) is 0 Å². The van der Waals surface area contributed by atoms with Gasteiger partial charge in [0.1, 0.15) is 10.5 Å². The van der Waals surface area contributed by atoms with Crippen molar-refractivity contribution in [2.75, 3.05) is 7.11 Å². The third-order valence-electron chi connectivity index (χ3n) is 3.17. The van der Waals surface area contributed by atoms with E-state index in [0.29, 0.717) is 15.9 Å². The zero-order valence-electron chi connectivity index (χ0n) is 12.0. The Kier molecular flexibility index (Phi) is 4.18. The highest BCUT2D eigenvalue weighted by Gasteiger charge is 2.15. The molecule has 0 saturated carbocycles. The monoisotopic (exact) mass is 292 g/mol. The number of nitrogens with zero attached hydrogens (tertiary/aromatic N) is 1. The topological polar surface area (TPSA) is 37.9 Å². The summed E-state index contributed by atoms with van der Waals surface area (Å²) in [6, 6.07) is 5.05. The summed E-state index contributed by atoms with van der Waals surface area (Å²) in [4.78, 5) is 7.52. The van der Waals surface area contributed by atoms with Crippen LogP contribution in [0.2, 0.25) is 0 Å². The van der Waals surface area contributed by atoms with Gasteiger partial charge in [0.2, 0.25) is 0 Å². The molecule has 0 radical (unpaired) electrons. The van der Waals surface area contributed by atoms with Crippen molar-refractivity contribution < 1.29 is 9.13 Å². The molecular formula is C15H17FN2OS. The van der Waals surface area contributed by atoms with Gasteiger partial charge in [-0.2, -0.15) is 0 Å². The average molecular weight is 292 g/mol. The number of rotatable bonds is 3. The van der Waals surface area contributed by atoms with Crippen LogP contribution in [0.1, 0.15) is 31.2 Å². The smallest absolute Gasteiger partial charge is 0.174 e. The van der Waals surface area contributed by atoms with Gasteiger partial charge in [-0.3, -0.25) is 0 Å². The fourth-order valence-corrected chi connectivity index (χ4v) is 2.15. The molecule has 1 aromatic carbocycles. The average Bonchev–Trinajstić information content (AvgIpc) is 2.42. The van der Waals surface area contributed by atoms with E-state index < -0.39 is 5.82 Å². The minimum Gasteiger partial charge on any atom is -0.494 e. The predicted octanol–water partition coefficient (Wildman–Crippen LogP) is 4.39. The molecule has 0 unspecified atom stereocenters. The Balaban J connectivity index is 2.72. The lowest BCUT2D eigenvalue weighted by atomic mass is 10.1. The van der Waals surface area contributed by atoms with Crippen LogP contribution in [0.25, 0.3) is 11.3 Å². The standard InChI is InChI=1S/C15H17FN2OS/c1-8(2)14-17-13(9(3)15(20)18-14)10-6-5-7-11(19-4)12(10)16/h5-8H,1-4H3,(H,17,18,20). The second kappa shape index (κ2) is 5.71. The SMILES string of the molecule is COc1cccc(-c2[nH]c(C(C)C)nc(=S)c2C)c1F. The number of benzene rings is 1. The first-order valence-corrected chi connectivity index (χ1v) is 6.80. The van der Waals surface area contributed by atoms with Gasteiger partial charge in [-0.05, 0) is 19.1 Å². The molecule has 2 rings (SSSR count). The maximum atomic E-state index is 14.4. The summed E-state index contributed by atoms with van der Waals surface area (Å²) in [6.07, 6.45) is 0. The van der Waals surface area contributed by atoms with Gasteiger partial charge in [-0.25, -0.2) is 9.37 Å². The van der Waals surface area contributed by atoms with Crippen molar-refractivity contribution in [2.45, 2.75) is 26.7 Å². The van der Waals surface area contributed by atoms with E-state index in [1.807, 2.05) is 20.8 Å². The van der Waals surface area contributed by atoms with Crippen LogP contribution in [0.15, 0.2) is 18.2 Å². The molecule has 0 amide bonds. The number of H-pyrrole nitrogens is 1. The molecule has 5 heteroatoms. The molecule has 0 spiro atoms. The number of aromatic amines is 1. The number of aromatic nitrogens is 2. The maximum Gasteiger partial charge on any atom is 0.174 e. The molecule has 20 heavy (non-hydrogen) atoms. The second-order valence-corrected chi connectivity index (χ2v) is 5.29. The number of halogens is 1. The summed E-state index contributed by atoms with van der Waals surface area (Å²) in [7, 11) is 1.45. The molecule has 0 aliphatic heterocycles. The molecular weight excluding hydrogens is 275 g/mol. The fraction of sp³-hybridized carbons (Fsp3) is 0.333. The highest BCUT2D eigenvalue weighted by molar-refractivity contribution is 7.71. The number of hydrogen-bond acceptors (Lipinski definition) is 3. The van der Waals surface area contributed by atoms with Gasteiger partial charge in [0, 0.05) is 17.0 Å². The van der Waals surface area contributed by atoms with E-state index in [4.69, 9.17) is 17.0 Å². The molecule has 0 aliphatic carbocycles. The van der Waals surface area contributed by atoms with E-state index in [1.54, 1.807) is 18.2 Å². The summed E-state index contributed by atoms with van der Waals surface area (Å²) in [5.41, 5.74) is 1.86. The summed E-state index contributed by atoms with van der Waals surface area (Å²) in [6.45, 7) is 5.85. The molecule has 0 aliphatic rings. The molecule has 0 atom stereocenters. The van der Waals surface area contributed by atoms with Gasteiger partial charge in [-0.15, -0.1) is 0 Å². The lowest BCUT2D eigenvalue weighted by Crippen LogP contribution is -2.03. The number of hydrogen-bond donors (Lipinski definition) is 1. The molecule has 106 valence electrons. The maximum absolute atomic E-state index is 14.4. The Labute approximate surface area is 122 Å². The van der Waals surface area contributed by atoms with E-state index >= 15 is 0 Å². The van der Waals surface area contributed by atoms with Crippen LogP contribution in [-0.2, 0) is 0 Å².